The molecule has 0 fully saturated rings. The number of hydrogen-bond donors (Lipinski definition) is 0. The maximum absolute atomic E-state index is 4.57. The second-order valence-corrected chi connectivity index (χ2v) is 5.43. The molecule has 0 saturated heterocycles. The highest BCUT2D eigenvalue weighted by molar-refractivity contribution is 5.91. The van der Waals surface area contributed by atoms with Crippen LogP contribution in [0.15, 0.2) is 53.6 Å². The molecular weight excluding hydrogens is 246 g/mol. The third kappa shape index (κ3) is 1.17. The lowest BCUT2D eigenvalue weighted by molar-refractivity contribution is 0.183. The van der Waals surface area contributed by atoms with Crippen LogP contribution in [0.5, 0.6) is 0 Å². The van der Waals surface area contributed by atoms with Crippen LogP contribution < -0.4 is 0 Å². The van der Waals surface area contributed by atoms with Crippen LogP contribution in [0.3, 0.4) is 0 Å². The summed E-state index contributed by atoms with van der Waals surface area (Å²) in [4.78, 5) is 2.29. The van der Waals surface area contributed by atoms with Crippen molar-refractivity contribution in [2.75, 3.05) is 0 Å². The molecule has 3 aliphatic heterocycles. The van der Waals surface area contributed by atoms with Gasteiger partial charge in [-0.2, -0.15) is 5.10 Å². The van der Waals surface area contributed by atoms with Gasteiger partial charge in [-0.1, -0.05) is 48.5 Å². The molecule has 3 nitrogen and oxygen atoms in total. The van der Waals surface area contributed by atoms with Crippen LogP contribution in [-0.2, 0) is 6.54 Å². The first-order chi connectivity index (χ1) is 9.92. The lowest BCUT2D eigenvalue weighted by Crippen LogP contribution is -2.29. The first kappa shape index (κ1) is 10.3. The van der Waals surface area contributed by atoms with E-state index in [4.69, 9.17) is 0 Å². The van der Waals surface area contributed by atoms with Gasteiger partial charge in [0.15, 0.2) is 6.17 Å². The molecule has 2 aromatic carbocycles. The van der Waals surface area contributed by atoms with Crippen LogP contribution in [0.2, 0.25) is 0 Å². The van der Waals surface area contributed by atoms with Crippen LogP contribution in [-0.4, -0.2) is 16.2 Å². The molecule has 0 amide bonds. The molecule has 0 aromatic heterocycles. The lowest BCUT2D eigenvalue weighted by atomic mass is 9.94. The van der Waals surface area contributed by atoms with Gasteiger partial charge in [0.25, 0.3) is 0 Å². The molecule has 3 heterocycles. The van der Waals surface area contributed by atoms with Crippen LogP contribution >= 0.6 is 0 Å². The van der Waals surface area contributed by atoms with E-state index < -0.39 is 0 Å². The average Bonchev–Trinajstić information content (AvgIpc) is 3.06. The Bertz CT molecular complexity index is 761. The first-order valence-corrected chi connectivity index (χ1v) is 6.90. The lowest BCUT2D eigenvalue weighted by Gasteiger charge is -2.32. The predicted molar refractivity (Wildman–Crippen MR) is 79.4 cm³/mol. The summed E-state index contributed by atoms with van der Waals surface area (Å²) >= 11 is 0. The van der Waals surface area contributed by atoms with Gasteiger partial charge in [0, 0.05) is 5.56 Å². The van der Waals surface area contributed by atoms with Crippen molar-refractivity contribution in [2.45, 2.75) is 12.7 Å². The number of benzene rings is 2. The van der Waals surface area contributed by atoms with Gasteiger partial charge in [-0.05, 0) is 22.8 Å². The Labute approximate surface area is 117 Å². The molecule has 96 valence electrons. The summed E-state index contributed by atoms with van der Waals surface area (Å²) < 4.78 is 0. The summed E-state index contributed by atoms with van der Waals surface area (Å²) in [6, 6.07) is 17.1. The predicted octanol–water partition coefficient (Wildman–Crippen LogP) is 3.27. The van der Waals surface area contributed by atoms with Crippen LogP contribution in [0, 0.1) is 0 Å². The Balaban J connectivity index is 1.77. The fourth-order valence-corrected chi connectivity index (χ4v) is 3.45. The second-order valence-electron chi connectivity index (χ2n) is 5.43. The van der Waals surface area contributed by atoms with Gasteiger partial charge in [0.05, 0.1) is 12.2 Å². The highest BCUT2D eigenvalue weighted by Crippen LogP contribution is 2.47. The molecule has 3 heteroatoms. The molecule has 20 heavy (non-hydrogen) atoms. The van der Waals surface area contributed by atoms with E-state index in [9.17, 15) is 0 Å². The van der Waals surface area contributed by atoms with E-state index in [1.807, 2.05) is 6.34 Å². The Morgan fingerprint density at radius 1 is 1.00 bits per heavy atom. The molecule has 0 aliphatic carbocycles. The van der Waals surface area contributed by atoms with Gasteiger partial charge in [0.2, 0.25) is 0 Å². The number of hydrogen-bond acceptors (Lipinski definition) is 3. The average molecular weight is 259 g/mol. The summed E-state index contributed by atoms with van der Waals surface area (Å²) in [7, 11) is 0. The highest BCUT2D eigenvalue weighted by Gasteiger charge is 2.42. The molecule has 0 saturated carbocycles. The number of hydrazone groups is 1. The number of rotatable bonds is 1. The fourth-order valence-electron chi connectivity index (χ4n) is 3.45. The molecule has 5 rings (SSSR count). The quantitative estimate of drug-likeness (QED) is 0.782. The van der Waals surface area contributed by atoms with Crippen LogP contribution in [0.4, 0.5) is 0 Å². The van der Waals surface area contributed by atoms with Crippen molar-refractivity contribution in [3.8, 4) is 0 Å². The SMILES string of the molecule is C1=NN2Cc3cccc4c3C2N1C(c1ccccc1)=C4. The maximum Gasteiger partial charge on any atom is 0.150 e. The van der Waals surface area contributed by atoms with Gasteiger partial charge < -0.3 is 4.90 Å². The van der Waals surface area contributed by atoms with Gasteiger partial charge in [-0.25, -0.2) is 0 Å². The zero-order valence-electron chi connectivity index (χ0n) is 10.9. The molecular formula is C17H13N3. The van der Waals surface area contributed by atoms with E-state index in [2.05, 4.69) is 69.6 Å². The van der Waals surface area contributed by atoms with Gasteiger partial charge in [-0.15, -0.1) is 0 Å². The minimum absolute atomic E-state index is 0.251. The Morgan fingerprint density at radius 2 is 1.90 bits per heavy atom. The summed E-state index contributed by atoms with van der Waals surface area (Å²) in [5, 5.41) is 6.74. The Morgan fingerprint density at radius 3 is 2.80 bits per heavy atom. The van der Waals surface area contributed by atoms with E-state index in [1.54, 1.807) is 0 Å². The van der Waals surface area contributed by atoms with Crippen molar-refractivity contribution >= 4 is 18.1 Å². The molecule has 1 unspecified atom stereocenters. The summed E-state index contributed by atoms with van der Waals surface area (Å²) in [5.41, 5.74) is 6.62. The standard InChI is InChI=1S/C17H13N3/c1-2-5-12(6-3-1)15-9-13-7-4-8-14-10-20-17(16(13)14)19(15)11-18-20/h1-9,11,17H,10H2. The van der Waals surface area contributed by atoms with Crippen LogP contribution in [0.25, 0.3) is 11.8 Å². The summed E-state index contributed by atoms with van der Waals surface area (Å²) in [5.74, 6) is 0. The zero-order chi connectivity index (χ0) is 13.1. The van der Waals surface area contributed by atoms with Crippen molar-refractivity contribution in [2.24, 2.45) is 5.10 Å². The van der Waals surface area contributed by atoms with E-state index in [1.165, 1.54) is 28.0 Å². The van der Waals surface area contributed by atoms with Crippen molar-refractivity contribution < 1.29 is 0 Å². The highest BCUT2D eigenvalue weighted by atomic mass is 15.6. The third-order valence-corrected chi connectivity index (χ3v) is 4.33. The van der Waals surface area contributed by atoms with Crippen molar-refractivity contribution in [3.05, 3.63) is 70.8 Å². The molecule has 1 atom stereocenters. The largest absolute Gasteiger partial charge is 0.304 e. The summed E-state index contributed by atoms with van der Waals surface area (Å²) in [6.45, 7) is 0.913. The molecule has 0 radical (unpaired) electrons. The Hall–Kier alpha value is -2.55. The maximum atomic E-state index is 4.57. The van der Waals surface area contributed by atoms with Gasteiger partial charge in [-0.3, -0.25) is 5.01 Å². The normalized spacial score (nSPS) is 21.2. The third-order valence-electron chi connectivity index (χ3n) is 4.33. The van der Waals surface area contributed by atoms with E-state index in [-0.39, 0.29) is 6.17 Å². The van der Waals surface area contributed by atoms with E-state index in [0.717, 1.165) is 6.54 Å². The summed E-state index contributed by atoms with van der Waals surface area (Å²) in [6.07, 6.45) is 4.50. The topological polar surface area (TPSA) is 18.8 Å². The zero-order valence-corrected chi connectivity index (χ0v) is 10.9. The minimum Gasteiger partial charge on any atom is -0.304 e. The van der Waals surface area contributed by atoms with Gasteiger partial charge >= 0.3 is 0 Å². The van der Waals surface area contributed by atoms with E-state index >= 15 is 0 Å². The van der Waals surface area contributed by atoms with Crippen molar-refractivity contribution in [1.29, 1.82) is 0 Å². The van der Waals surface area contributed by atoms with Crippen molar-refractivity contribution in [3.63, 3.8) is 0 Å². The van der Waals surface area contributed by atoms with E-state index in [0.29, 0.717) is 0 Å². The van der Waals surface area contributed by atoms with Gasteiger partial charge in [0.1, 0.15) is 6.34 Å². The fraction of sp³-hybridized carbons (Fsp3) is 0.118. The molecule has 2 aromatic rings. The number of nitrogens with zero attached hydrogens (tertiary/aromatic N) is 3. The molecule has 3 aliphatic rings. The minimum atomic E-state index is 0.251. The monoisotopic (exact) mass is 259 g/mol. The second kappa shape index (κ2) is 3.51. The molecule has 0 spiro atoms. The van der Waals surface area contributed by atoms with Crippen LogP contribution in [0.1, 0.15) is 28.4 Å². The molecule has 0 bridgehead atoms. The molecule has 0 N–H and O–H groups in total. The Kier molecular flexibility index (Phi) is 1.80. The smallest absolute Gasteiger partial charge is 0.150 e. The van der Waals surface area contributed by atoms with Crippen molar-refractivity contribution in [1.82, 2.24) is 9.91 Å². The first-order valence-electron chi connectivity index (χ1n) is 6.90.